The normalized spacial score (nSPS) is 10.7. The molecule has 3 aromatic heterocycles. The number of aromatic nitrogens is 3. The second kappa shape index (κ2) is 4.94. The number of imidazole rings is 1. The number of pyridine rings is 2. The van der Waals surface area contributed by atoms with E-state index in [1.807, 2.05) is 29.7 Å². The Kier molecular flexibility index (Phi) is 3.12. The molecule has 3 rings (SSSR count). The van der Waals surface area contributed by atoms with Gasteiger partial charge in [-0.3, -0.25) is 4.79 Å². The molecule has 0 fully saturated rings. The Morgan fingerprint density at radius 3 is 2.90 bits per heavy atom. The minimum absolute atomic E-state index is 0.225. The van der Waals surface area contributed by atoms with E-state index in [0.29, 0.717) is 10.7 Å². The van der Waals surface area contributed by atoms with E-state index < -0.39 is 0 Å². The van der Waals surface area contributed by atoms with Crippen LogP contribution < -0.4 is 5.32 Å². The summed E-state index contributed by atoms with van der Waals surface area (Å²) in [4.78, 5) is 20.2. The molecule has 0 atom stereocenters. The van der Waals surface area contributed by atoms with Gasteiger partial charge in [0.15, 0.2) is 0 Å². The van der Waals surface area contributed by atoms with Gasteiger partial charge < -0.3 is 9.72 Å². The number of anilines is 1. The molecule has 1 amide bonds. The highest BCUT2D eigenvalue weighted by Gasteiger charge is 2.10. The van der Waals surface area contributed by atoms with Crippen molar-refractivity contribution in [2.24, 2.45) is 0 Å². The van der Waals surface area contributed by atoms with Crippen LogP contribution in [0.5, 0.6) is 0 Å². The molecule has 6 heteroatoms. The van der Waals surface area contributed by atoms with Crippen LogP contribution in [0.3, 0.4) is 0 Å². The Morgan fingerprint density at radius 1 is 1.25 bits per heavy atom. The van der Waals surface area contributed by atoms with Gasteiger partial charge >= 0.3 is 0 Å². The molecule has 0 aliphatic rings. The van der Waals surface area contributed by atoms with Crippen LogP contribution in [0.25, 0.3) is 5.65 Å². The number of nitrogens with zero attached hydrogens (tertiary/aromatic N) is 3. The van der Waals surface area contributed by atoms with Crippen molar-refractivity contribution < 1.29 is 4.79 Å². The summed E-state index contributed by atoms with van der Waals surface area (Å²) in [5.41, 5.74) is 2.95. The highest BCUT2D eigenvalue weighted by atomic mass is 35.5. The zero-order chi connectivity index (χ0) is 14.1. The van der Waals surface area contributed by atoms with Crippen LogP contribution in [0.4, 0.5) is 5.69 Å². The number of fused-ring (bicyclic) bond motifs is 1. The zero-order valence-corrected chi connectivity index (χ0v) is 11.4. The number of amides is 1. The molecule has 100 valence electrons. The molecule has 0 saturated heterocycles. The van der Waals surface area contributed by atoms with Crippen molar-refractivity contribution in [3.63, 3.8) is 0 Å². The quantitative estimate of drug-likeness (QED) is 0.737. The number of halogens is 1. The monoisotopic (exact) mass is 286 g/mol. The Bertz CT molecular complexity index is 797. The summed E-state index contributed by atoms with van der Waals surface area (Å²) in [7, 11) is 0. The predicted octanol–water partition coefficient (Wildman–Crippen LogP) is 2.94. The van der Waals surface area contributed by atoms with Crippen molar-refractivity contribution in [2.75, 3.05) is 5.32 Å². The lowest BCUT2D eigenvalue weighted by Gasteiger charge is -2.10. The highest BCUT2D eigenvalue weighted by molar-refractivity contribution is 6.29. The molecule has 5 nitrogen and oxygen atoms in total. The largest absolute Gasteiger partial charge is 0.320 e. The number of rotatable bonds is 2. The number of carbonyl (C=O) groups excluding carboxylic acids is 1. The lowest BCUT2D eigenvalue weighted by Crippen LogP contribution is -2.13. The summed E-state index contributed by atoms with van der Waals surface area (Å²) < 4.78 is 1.91. The smallest absolute Gasteiger partial charge is 0.255 e. The number of hydrogen-bond donors (Lipinski definition) is 1. The lowest BCUT2D eigenvalue weighted by atomic mass is 10.2. The fourth-order valence-corrected chi connectivity index (χ4v) is 2.17. The Hall–Kier alpha value is -2.40. The van der Waals surface area contributed by atoms with E-state index in [1.165, 1.54) is 12.3 Å². The van der Waals surface area contributed by atoms with Crippen LogP contribution in [0.2, 0.25) is 5.15 Å². The average Bonchev–Trinajstić information content (AvgIpc) is 2.91. The number of aryl methyl sites for hydroxylation is 1. The van der Waals surface area contributed by atoms with Crippen molar-refractivity contribution >= 4 is 28.8 Å². The van der Waals surface area contributed by atoms with Gasteiger partial charge in [-0.2, -0.15) is 0 Å². The molecule has 0 radical (unpaired) electrons. The summed E-state index contributed by atoms with van der Waals surface area (Å²) >= 11 is 5.78. The Morgan fingerprint density at radius 2 is 2.10 bits per heavy atom. The molecule has 20 heavy (non-hydrogen) atoms. The summed E-state index contributed by atoms with van der Waals surface area (Å²) in [5.74, 6) is -0.225. The summed E-state index contributed by atoms with van der Waals surface area (Å²) in [6.45, 7) is 1.92. The first-order valence-corrected chi connectivity index (χ1v) is 6.38. The maximum absolute atomic E-state index is 12.2. The van der Waals surface area contributed by atoms with Crippen LogP contribution in [0.1, 0.15) is 16.1 Å². The molecule has 0 saturated carbocycles. The molecule has 0 spiro atoms. The third-order valence-electron chi connectivity index (χ3n) is 3.06. The van der Waals surface area contributed by atoms with Crippen LogP contribution in [-0.4, -0.2) is 20.3 Å². The van der Waals surface area contributed by atoms with E-state index in [-0.39, 0.29) is 5.91 Å². The molecule has 0 bridgehead atoms. The standard InChI is InChI=1S/C14H11ClN4O/c1-9-11(2-3-13-17-6-7-19(9)13)18-14(20)10-4-5-16-12(15)8-10/h2-8H,1H3,(H,18,20). The maximum atomic E-state index is 12.2. The molecule has 3 aromatic rings. The van der Waals surface area contributed by atoms with Gasteiger partial charge in [-0.15, -0.1) is 0 Å². The van der Waals surface area contributed by atoms with Gasteiger partial charge in [0.2, 0.25) is 0 Å². The first-order valence-electron chi connectivity index (χ1n) is 6.01. The second-order valence-electron chi connectivity index (χ2n) is 4.31. The van der Waals surface area contributed by atoms with Crippen molar-refractivity contribution in [2.45, 2.75) is 6.92 Å². The lowest BCUT2D eigenvalue weighted by molar-refractivity contribution is 0.102. The maximum Gasteiger partial charge on any atom is 0.255 e. The molecule has 0 unspecified atom stereocenters. The summed E-state index contributed by atoms with van der Waals surface area (Å²) in [6.07, 6.45) is 5.07. The number of carbonyl (C=O) groups is 1. The molecule has 1 N–H and O–H groups in total. The van der Waals surface area contributed by atoms with E-state index in [0.717, 1.165) is 17.0 Å². The fraction of sp³-hybridized carbons (Fsp3) is 0.0714. The minimum Gasteiger partial charge on any atom is -0.320 e. The van der Waals surface area contributed by atoms with Crippen molar-refractivity contribution in [1.82, 2.24) is 14.4 Å². The van der Waals surface area contributed by atoms with Crippen LogP contribution in [0, 0.1) is 6.92 Å². The Labute approximate surface area is 120 Å². The van der Waals surface area contributed by atoms with Crippen molar-refractivity contribution in [1.29, 1.82) is 0 Å². The van der Waals surface area contributed by atoms with E-state index in [4.69, 9.17) is 11.6 Å². The molecule has 0 aromatic carbocycles. The zero-order valence-electron chi connectivity index (χ0n) is 10.7. The van der Waals surface area contributed by atoms with Gasteiger partial charge in [0.05, 0.1) is 5.69 Å². The number of hydrogen-bond acceptors (Lipinski definition) is 3. The van der Waals surface area contributed by atoms with E-state index in [1.54, 1.807) is 12.3 Å². The van der Waals surface area contributed by atoms with Crippen molar-refractivity contribution in [3.8, 4) is 0 Å². The van der Waals surface area contributed by atoms with Crippen LogP contribution >= 0.6 is 11.6 Å². The first kappa shape index (κ1) is 12.6. The first-order chi connectivity index (χ1) is 9.65. The van der Waals surface area contributed by atoms with E-state index >= 15 is 0 Å². The third kappa shape index (κ3) is 2.23. The number of nitrogens with one attached hydrogen (secondary N) is 1. The second-order valence-corrected chi connectivity index (χ2v) is 4.70. The third-order valence-corrected chi connectivity index (χ3v) is 3.26. The molecular formula is C14H11ClN4O. The highest BCUT2D eigenvalue weighted by Crippen LogP contribution is 2.18. The van der Waals surface area contributed by atoms with Crippen molar-refractivity contribution in [3.05, 3.63) is 59.3 Å². The van der Waals surface area contributed by atoms with E-state index in [9.17, 15) is 4.79 Å². The fourth-order valence-electron chi connectivity index (χ4n) is 2.00. The molecular weight excluding hydrogens is 276 g/mol. The van der Waals surface area contributed by atoms with Gasteiger partial charge in [-0.05, 0) is 31.2 Å². The summed E-state index contributed by atoms with van der Waals surface area (Å²) in [5, 5.41) is 3.15. The van der Waals surface area contributed by atoms with E-state index in [2.05, 4.69) is 15.3 Å². The molecule has 3 heterocycles. The van der Waals surface area contributed by atoms with Gasteiger partial charge in [0.1, 0.15) is 10.8 Å². The van der Waals surface area contributed by atoms with Crippen LogP contribution in [-0.2, 0) is 0 Å². The van der Waals surface area contributed by atoms with Gasteiger partial charge in [-0.25, -0.2) is 9.97 Å². The van der Waals surface area contributed by atoms with Gasteiger partial charge in [0.25, 0.3) is 5.91 Å². The molecule has 0 aliphatic carbocycles. The Balaban J connectivity index is 1.93. The minimum atomic E-state index is -0.225. The SMILES string of the molecule is Cc1c(NC(=O)c2ccnc(Cl)c2)ccc2nccn12. The topological polar surface area (TPSA) is 59.3 Å². The average molecular weight is 287 g/mol. The van der Waals surface area contributed by atoms with Crippen LogP contribution in [0.15, 0.2) is 42.9 Å². The van der Waals surface area contributed by atoms with Gasteiger partial charge in [-0.1, -0.05) is 11.6 Å². The van der Waals surface area contributed by atoms with Gasteiger partial charge in [0, 0.05) is 29.8 Å². The predicted molar refractivity (Wildman–Crippen MR) is 77.1 cm³/mol. The summed E-state index contributed by atoms with van der Waals surface area (Å²) in [6, 6.07) is 6.83. The molecule has 0 aliphatic heterocycles.